The van der Waals surface area contributed by atoms with Crippen molar-refractivity contribution in [3.05, 3.63) is 30.9 Å². The van der Waals surface area contributed by atoms with Crippen molar-refractivity contribution in [1.29, 1.82) is 0 Å². The van der Waals surface area contributed by atoms with Gasteiger partial charge >= 0.3 is 6.09 Å². The van der Waals surface area contributed by atoms with E-state index in [9.17, 15) is 4.79 Å². The highest BCUT2D eigenvalue weighted by molar-refractivity contribution is 5.68. The number of aromatic nitrogens is 5. The number of hydrogen-bond acceptors (Lipinski definition) is 6. The molecule has 0 radical (unpaired) electrons. The van der Waals surface area contributed by atoms with E-state index in [1.807, 2.05) is 63.2 Å². The topological polar surface area (TPSA) is 80.8 Å². The fourth-order valence-corrected chi connectivity index (χ4v) is 3.46. The molecule has 0 aromatic carbocycles. The van der Waals surface area contributed by atoms with Gasteiger partial charge in [-0.3, -0.25) is 4.68 Å². The second-order valence-corrected chi connectivity index (χ2v) is 8.34. The summed E-state index contributed by atoms with van der Waals surface area (Å²) in [6.07, 6.45) is 8.06. The average molecular weight is 397 g/mol. The number of anilines is 1. The Balaban J connectivity index is 1.50. The Hall–Kier alpha value is -3.10. The Morgan fingerprint density at radius 3 is 2.55 bits per heavy atom. The van der Waals surface area contributed by atoms with Gasteiger partial charge < -0.3 is 14.5 Å². The lowest BCUT2D eigenvalue weighted by Gasteiger charge is -2.26. The van der Waals surface area contributed by atoms with Crippen molar-refractivity contribution in [3.63, 3.8) is 0 Å². The molecule has 154 valence electrons. The third kappa shape index (κ3) is 4.18. The molecule has 3 aromatic rings. The summed E-state index contributed by atoms with van der Waals surface area (Å²) in [4.78, 5) is 20.9. The standard InChI is InChI=1S/C20H27N7O2/c1-20(2,3)29-19(28)26-7-5-6-25(8-9-26)18-13-21-17-10-15(11-23-27(17)18)16-12-22-24(4)14-16/h10-14H,5-9H2,1-4H3. The first-order valence-electron chi connectivity index (χ1n) is 9.86. The van der Waals surface area contributed by atoms with Crippen LogP contribution in [0.1, 0.15) is 27.2 Å². The van der Waals surface area contributed by atoms with Gasteiger partial charge in [0.15, 0.2) is 11.5 Å². The number of imidazole rings is 1. The Labute approximate surface area is 169 Å². The molecule has 9 nitrogen and oxygen atoms in total. The predicted octanol–water partition coefficient (Wildman–Crippen LogP) is 2.58. The number of rotatable bonds is 2. The summed E-state index contributed by atoms with van der Waals surface area (Å²) in [6, 6.07) is 2.01. The average Bonchev–Trinajstić information content (AvgIpc) is 3.19. The second kappa shape index (κ2) is 7.38. The lowest BCUT2D eigenvalue weighted by Crippen LogP contribution is -2.39. The fourth-order valence-electron chi connectivity index (χ4n) is 3.46. The van der Waals surface area contributed by atoms with Gasteiger partial charge in [0.2, 0.25) is 0 Å². The Morgan fingerprint density at radius 1 is 1.03 bits per heavy atom. The summed E-state index contributed by atoms with van der Waals surface area (Å²) >= 11 is 0. The molecule has 1 amide bonds. The van der Waals surface area contributed by atoms with E-state index in [4.69, 9.17) is 4.74 Å². The molecule has 3 aromatic heterocycles. The van der Waals surface area contributed by atoms with E-state index < -0.39 is 5.60 Å². The monoisotopic (exact) mass is 397 g/mol. The first kappa shape index (κ1) is 19.2. The minimum atomic E-state index is -0.485. The Morgan fingerprint density at radius 2 is 1.83 bits per heavy atom. The highest BCUT2D eigenvalue weighted by atomic mass is 16.6. The quantitative estimate of drug-likeness (QED) is 0.661. The first-order valence-corrected chi connectivity index (χ1v) is 9.86. The number of ether oxygens (including phenoxy) is 1. The van der Waals surface area contributed by atoms with Crippen molar-refractivity contribution < 1.29 is 9.53 Å². The van der Waals surface area contributed by atoms with Gasteiger partial charge in [-0.05, 0) is 33.3 Å². The van der Waals surface area contributed by atoms with Gasteiger partial charge in [0.1, 0.15) is 5.60 Å². The van der Waals surface area contributed by atoms with Gasteiger partial charge in [0.05, 0.1) is 18.6 Å². The van der Waals surface area contributed by atoms with E-state index in [0.29, 0.717) is 19.6 Å². The molecule has 4 heterocycles. The van der Waals surface area contributed by atoms with Crippen LogP contribution in [0.5, 0.6) is 0 Å². The van der Waals surface area contributed by atoms with Crippen molar-refractivity contribution >= 4 is 17.6 Å². The van der Waals surface area contributed by atoms with Crippen LogP contribution in [0.25, 0.3) is 16.8 Å². The number of hydrogen-bond donors (Lipinski definition) is 0. The van der Waals surface area contributed by atoms with Crippen molar-refractivity contribution in [1.82, 2.24) is 29.3 Å². The summed E-state index contributed by atoms with van der Waals surface area (Å²) < 4.78 is 9.14. The lowest BCUT2D eigenvalue weighted by molar-refractivity contribution is 0.0263. The molecule has 1 fully saturated rings. The molecule has 1 aliphatic heterocycles. The van der Waals surface area contributed by atoms with E-state index in [2.05, 4.69) is 20.1 Å². The van der Waals surface area contributed by atoms with Crippen LogP contribution in [0.2, 0.25) is 0 Å². The smallest absolute Gasteiger partial charge is 0.410 e. The first-order chi connectivity index (χ1) is 13.8. The molecule has 0 bridgehead atoms. The van der Waals surface area contributed by atoms with E-state index in [-0.39, 0.29) is 6.09 Å². The summed E-state index contributed by atoms with van der Waals surface area (Å²) in [5.41, 5.74) is 2.29. The largest absolute Gasteiger partial charge is 0.444 e. The van der Waals surface area contributed by atoms with Crippen LogP contribution >= 0.6 is 0 Å². The van der Waals surface area contributed by atoms with Gasteiger partial charge in [-0.15, -0.1) is 0 Å². The maximum Gasteiger partial charge on any atom is 0.410 e. The van der Waals surface area contributed by atoms with Crippen molar-refractivity contribution in [2.45, 2.75) is 32.8 Å². The molecule has 29 heavy (non-hydrogen) atoms. The van der Waals surface area contributed by atoms with Crippen LogP contribution in [0.4, 0.5) is 10.6 Å². The van der Waals surface area contributed by atoms with Gasteiger partial charge in [0.25, 0.3) is 0 Å². The van der Waals surface area contributed by atoms with Crippen molar-refractivity contribution in [2.75, 3.05) is 31.1 Å². The molecule has 0 saturated carbocycles. The van der Waals surface area contributed by atoms with Crippen LogP contribution in [0.15, 0.2) is 30.9 Å². The molecule has 0 unspecified atom stereocenters. The summed E-state index contributed by atoms with van der Waals surface area (Å²) in [5.74, 6) is 0.934. The molecule has 1 saturated heterocycles. The normalized spacial score (nSPS) is 15.6. The zero-order chi connectivity index (χ0) is 20.6. The number of fused-ring (bicyclic) bond motifs is 1. The molecular weight excluding hydrogens is 370 g/mol. The van der Waals surface area contributed by atoms with E-state index in [1.54, 1.807) is 9.58 Å². The number of carbonyl (C=O) groups excluding carboxylic acids is 1. The number of carbonyl (C=O) groups is 1. The molecule has 4 rings (SSSR count). The zero-order valence-electron chi connectivity index (χ0n) is 17.4. The third-order valence-corrected chi connectivity index (χ3v) is 4.85. The predicted molar refractivity (Wildman–Crippen MR) is 110 cm³/mol. The molecule has 0 atom stereocenters. The highest BCUT2D eigenvalue weighted by Gasteiger charge is 2.25. The number of nitrogens with zero attached hydrogens (tertiary/aromatic N) is 7. The Bertz CT molecular complexity index is 1020. The van der Waals surface area contributed by atoms with E-state index in [1.165, 1.54) is 0 Å². The number of aryl methyl sites for hydroxylation is 1. The number of amides is 1. The molecule has 0 aliphatic carbocycles. The Kier molecular flexibility index (Phi) is 4.89. The van der Waals surface area contributed by atoms with Crippen LogP contribution in [-0.4, -0.2) is 67.2 Å². The van der Waals surface area contributed by atoms with E-state index in [0.717, 1.165) is 35.6 Å². The summed E-state index contributed by atoms with van der Waals surface area (Å²) in [5, 5.41) is 8.82. The minimum Gasteiger partial charge on any atom is -0.444 e. The van der Waals surface area contributed by atoms with Crippen molar-refractivity contribution in [2.24, 2.45) is 7.05 Å². The molecular formula is C20H27N7O2. The maximum atomic E-state index is 12.4. The van der Waals surface area contributed by atoms with Gasteiger partial charge in [-0.1, -0.05) is 0 Å². The fraction of sp³-hybridized carbons (Fsp3) is 0.500. The minimum absolute atomic E-state index is 0.253. The van der Waals surface area contributed by atoms with Gasteiger partial charge in [-0.2, -0.15) is 14.7 Å². The van der Waals surface area contributed by atoms with E-state index >= 15 is 0 Å². The van der Waals surface area contributed by atoms with Gasteiger partial charge in [-0.25, -0.2) is 9.78 Å². The highest BCUT2D eigenvalue weighted by Crippen LogP contribution is 2.23. The maximum absolute atomic E-state index is 12.4. The molecule has 1 aliphatic rings. The van der Waals surface area contributed by atoms with Crippen LogP contribution in [-0.2, 0) is 11.8 Å². The summed E-state index contributed by atoms with van der Waals surface area (Å²) in [6.45, 7) is 8.49. The van der Waals surface area contributed by atoms with Crippen LogP contribution < -0.4 is 4.90 Å². The molecule has 0 N–H and O–H groups in total. The molecule has 0 spiro atoms. The third-order valence-electron chi connectivity index (χ3n) is 4.85. The van der Waals surface area contributed by atoms with Crippen LogP contribution in [0.3, 0.4) is 0 Å². The SMILES string of the molecule is Cn1cc(-c2cnn3c(N4CCCN(C(=O)OC(C)(C)C)CC4)cnc3c2)cn1. The van der Waals surface area contributed by atoms with Crippen molar-refractivity contribution in [3.8, 4) is 11.1 Å². The molecule has 9 heteroatoms. The van der Waals surface area contributed by atoms with Crippen LogP contribution in [0, 0.1) is 0 Å². The lowest BCUT2D eigenvalue weighted by atomic mass is 10.2. The summed E-state index contributed by atoms with van der Waals surface area (Å²) in [7, 11) is 1.89. The van der Waals surface area contributed by atoms with Gasteiger partial charge in [0, 0.05) is 50.6 Å². The zero-order valence-corrected chi connectivity index (χ0v) is 17.4. The second-order valence-electron chi connectivity index (χ2n) is 8.34.